The molecule has 3 N–H and O–H groups in total. The molecule has 0 saturated carbocycles. The average molecular weight is 325 g/mol. The Morgan fingerprint density at radius 3 is 2.41 bits per heavy atom. The minimum atomic E-state index is -3.79. The van der Waals surface area contributed by atoms with E-state index in [-0.39, 0.29) is 11.3 Å². The van der Waals surface area contributed by atoms with Gasteiger partial charge in [-0.1, -0.05) is 0 Å². The van der Waals surface area contributed by atoms with E-state index in [9.17, 15) is 18.0 Å². The Labute approximate surface area is 126 Å². The lowest BCUT2D eigenvalue weighted by Gasteiger charge is -2.03. The van der Waals surface area contributed by atoms with Crippen LogP contribution >= 0.6 is 0 Å². The highest BCUT2D eigenvalue weighted by molar-refractivity contribution is 7.89. The van der Waals surface area contributed by atoms with E-state index in [1.807, 2.05) is 0 Å². The van der Waals surface area contributed by atoms with Gasteiger partial charge < -0.3 is 4.74 Å². The summed E-state index contributed by atoms with van der Waals surface area (Å²) in [4.78, 5) is 23.6. The monoisotopic (exact) mass is 325 g/mol. The van der Waals surface area contributed by atoms with Gasteiger partial charge in [0.1, 0.15) is 0 Å². The molecule has 0 atom stereocenters. The Bertz CT molecular complexity index is 862. The number of rotatable bonds is 4. The molecule has 118 valence electrons. The minimum absolute atomic E-state index is 0.0534. The highest BCUT2D eigenvalue weighted by Crippen LogP contribution is 2.12. The molecule has 0 spiro atoms. The number of sulfonamides is 1. The highest BCUT2D eigenvalue weighted by Gasteiger charge is 2.16. The number of methoxy groups -OCH3 is 1. The number of aromatic amines is 1. The molecule has 0 radical (unpaired) electrons. The summed E-state index contributed by atoms with van der Waals surface area (Å²) in [5, 5.41) is 7.85. The van der Waals surface area contributed by atoms with Crippen LogP contribution in [0.5, 0.6) is 0 Å². The normalized spacial score (nSPS) is 11.4. The third kappa shape index (κ3) is 3.10. The molecule has 1 aromatic carbocycles. The van der Waals surface area contributed by atoms with Crippen molar-refractivity contribution >= 4 is 16.0 Å². The van der Waals surface area contributed by atoms with E-state index in [2.05, 4.69) is 9.84 Å². The number of aromatic nitrogens is 2. The second-order valence-corrected chi connectivity index (χ2v) is 6.21. The average Bonchev–Trinajstić information content (AvgIpc) is 2.74. The van der Waals surface area contributed by atoms with Crippen molar-refractivity contribution in [2.45, 2.75) is 18.2 Å². The molecule has 1 aromatic heterocycles. The first-order chi connectivity index (χ1) is 10.2. The lowest BCUT2D eigenvalue weighted by atomic mass is 10.2. The first-order valence-electron chi connectivity index (χ1n) is 6.24. The number of aryl methyl sites for hydroxylation is 1. The Morgan fingerprint density at radius 2 is 1.91 bits per heavy atom. The van der Waals surface area contributed by atoms with Crippen molar-refractivity contribution in [2.24, 2.45) is 5.14 Å². The van der Waals surface area contributed by atoms with Crippen LogP contribution in [0.1, 0.15) is 11.3 Å². The summed E-state index contributed by atoms with van der Waals surface area (Å²) in [5.41, 5.74) is 0.858. The Hall–Kier alpha value is -2.39. The Kier molecular flexibility index (Phi) is 4.20. The summed E-state index contributed by atoms with van der Waals surface area (Å²) < 4.78 is 28.2. The van der Waals surface area contributed by atoms with Crippen molar-refractivity contribution in [1.82, 2.24) is 9.78 Å². The van der Waals surface area contributed by atoms with E-state index in [0.717, 1.165) is 0 Å². The molecule has 0 aliphatic carbocycles. The van der Waals surface area contributed by atoms with E-state index in [0.29, 0.717) is 16.9 Å². The van der Waals surface area contributed by atoms with Crippen LogP contribution in [0.25, 0.3) is 5.69 Å². The fourth-order valence-electron chi connectivity index (χ4n) is 1.97. The maximum Gasteiger partial charge on any atom is 0.310 e. The number of nitrogens with zero attached hydrogens (tertiary/aromatic N) is 1. The third-order valence-corrected chi connectivity index (χ3v) is 4.09. The fraction of sp³-hybridized carbons (Fsp3) is 0.231. The Morgan fingerprint density at radius 1 is 1.32 bits per heavy atom. The number of carbonyl (C=O) groups is 1. The number of hydrogen-bond acceptors (Lipinski definition) is 5. The molecule has 0 aliphatic heterocycles. The number of nitrogens with two attached hydrogens (primary N) is 1. The predicted octanol–water partition coefficient (Wildman–Crippen LogP) is -0.163. The van der Waals surface area contributed by atoms with Gasteiger partial charge in [-0.25, -0.2) is 18.2 Å². The molecule has 22 heavy (non-hydrogen) atoms. The fourth-order valence-corrected chi connectivity index (χ4v) is 2.49. The van der Waals surface area contributed by atoms with Crippen molar-refractivity contribution in [3.05, 3.63) is 45.9 Å². The summed E-state index contributed by atoms with van der Waals surface area (Å²) in [6, 6.07) is 5.48. The SMILES string of the molecule is COC(=O)Cc1c(C)[nH]n(-c2ccc(S(N)(=O)=O)cc2)c1=O. The molecule has 0 bridgehead atoms. The molecule has 0 fully saturated rings. The number of ether oxygens (including phenoxy) is 1. The largest absolute Gasteiger partial charge is 0.469 e. The van der Waals surface area contributed by atoms with Crippen molar-refractivity contribution in [1.29, 1.82) is 0 Å². The van der Waals surface area contributed by atoms with Crippen LogP contribution in [0.4, 0.5) is 0 Å². The summed E-state index contributed by atoms with van der Waals surface area (Å²) in [5.74, 6) is -0.518. The number of primary sulfonamides is 1. The van der Waals surface area contributed by atoms with Crippen molar-refractivity contribution in [2.75, 3.05) is 7.11 Å². The van der Waals surface area contributed by atoms with E-state index in [4.69, 9.17) is 5.14 Å². The molecule has 0 unspecified atom stereocenters. The van der Waals surface area contributed by atoms with Gasteiger partial charge in [0.15, 0.2) is 0 Å². The second kappa shape index (κ2) is 5.78. The summed E-state index contributed by atoms with van der Waals surface area (Å²) in [6.45, 7) is 1.66. The van der Waals surface area contributed by atoms with E-state index in [1.54, 1.807) is 6.92 Å². The quantitative estimate of drug-likeness (QED) is 0.756. The maximum atomic E-state index is 12.3. The van der Waals surface area contributed by atoms with Crippen LogP contribution in [-0.2, 0) is 26.0 Å². The molecule has 0 aliphatic rings. The molecule has 0 amide bonds. The van der Waals surface area contributed by atoms with Gasteiger partial charge in [0.2, 0.25) is 10.0 Å². The van der Waals surface area contributed by atoms with Crippen LogP contribution in [0.3, 0.4) is 0 Å². The number of nitrogens with one attached hydrogen (secondary N) is 1. The van der Waals surface area contributed by atoms with Crippen LogP contribution in [0, 0.1) is 6.92 Å². The first kappa shape index (κ1) is 16.0. The summed E-state index contributed by atoms with van der Waals surface area (Å²) >= 11 is 0. The zero-order valence-electron chi connectivity index (χ0n) is 12.0. The smallest absolute Gasteiger partial charge is 0.310 e. The maximum absolute atomic E-state index is 12.3. The van der Waals surface area contributed by atoms with Crippen molar-refractivity contribution in [3.63, 3.8) is 0 Å². The van der Waals surface area contributed by atoms with Crippen LogP contribution in [0.2, 0.25) is 0 Å². The number of hydrogen-bond donors (Lipinski definition) is 2. The summed E-state index contributed by atoms with van der Waals surface area (Å²) in [7, 11) is -2.55. The topological polar surface area (TPSA) is 124 Å². The van der Waals surface area contributed by atoms with E-state index >= 15 is 0 Å². The van der Waals surface area contributed by atoms with Gasteiger partial charge in [0.05, 0.1) is 29.7 Å². The molecular weight excluding hydrogens is 310 g/mol. The lowest BCUT2D eigenvalue weighted by molar-refractivity contribution is -0.139. The molecule has 2 aromatic rings. The van der Waals surface area contributed by atoms with Gasteiger partial charge in [-0.3, -0.25) is 14.7 Å². The lowest BCUT2D eigenvalue weighted by Crippen LogP contribution is -2.20. The summed E-state index contributed by atoms with van der Waals surface area (Å²) in [6.07, 6.45) is -0.139. The molecule has 8 nitrogen and oxygen atoms in total. The van der Waals surface area contributed by atoms with E-state index in [1.165, 1.54) is 36.1 Å². The van der Waals surface area contributed by atoms with E-state index < -0.39 is 21.6 Å². The Balaban J connectivity index is 2.44. The zero-order valence-corrected chi connectivity index (χ0v) is 12.8. The molecule has 2 rings (SSSR count). The van der Waals surface area contributed by atoms with Gasteiger partial charge >= 0.3 is 5.97 Å². The molecule has 1 heterocycles. The molecular formula is C13H15N3O5S. The van der Waals surface area contributed by atoms with Gasteiger partial charge in [0.25, 0.3) is 5.56 Å². The van der Waals surface area contributed by atoms with Gasteiger partial charge in [0, 0.05) is 5.69 Å². The van der Waals surface area contributed by atoms with Crippen LogP contribution < -0.4 is 10.7 Å². The number of benzene rings is 1. The zero-order chi connectivity index (χ0) is 16.5. The number of carbonyl (C=O) groups excluding carboxylic acids is 1. The van der Waals surface area contributed by atoms with Gasteiger partial charge in [-0.15, -0.1) is 0 Å². The standard InChI is InChI=1S/C13H15N3O5S/c1-8-11(7-12(17)21-2)13(18)16(15-8)9-3-5-10(6-4-9)22(14,19)20/h3-6,15H,7H2,1-2H3,(H2,14,19,20). The second-order valence-electron chi connectivity index (χ2n) is 4.65. The van der Waals surface area contributed by atoms with Crippen LogP contribution in [0.15, 0.2) is 34.0 Å². The first-order valence-corrected chi connectivity index (χ1v) is 7.79. The molecule has 9 heteroatoms. The number of esters is 1. The molecule has 0 saturated heterocycles. The van der Waals surface area contributed by atoms with Crippen molar-refractivity contribution < 1.29 is 17.9 Å². The van der Waals surface area contributed by atoms with Gasteiger partial charge in [-0.2, -0.15) is 0 Å². The third-order valence-electron chi connectivity index (χ3n) is 3.17. The van der Waals surface area contributed by atoms with Crippen molar-refractivity contribution in [3.8, 4) is 5.69 Å². The minimum Gasteiger partial charge on any atom is -0.469 e. The predicted molar refractivity (Wildman–Crippen MR) is 78.2 cm³/mol. The number of H-pyrrole nitrogens is 1. The highest BCUT2D eigenvalue weighted by atomic mass is 32.2. The van der Waals surface area contributed by atoms with Crippen LogP contribution in [-0.4, -0.2) is 31.3 Å². The van der Waals surface area contributed by atoms with Gasteiger partial charge in [-0.05, 0) is 31.2 Å².